The van der Waals surface area contributed by atoms with Crippen LogP contribution in [0.3, 0.4) is 0 Å². The van der Waals surface area contributed by atoms with Crippen LogP contribution in [-0.2, 0) is 20.4 Å². The lowest BCUT2D eigenvalue weighted by molar-refractivity contribution is -0.138. The number of benzene rings is 1. The molecule has 1 atom stereocenters. The maximum Gasteiger partial charge on any atom is 0.416 e. The van der Waals surface area contributed by atoms with E-state index < -0.39 is 24.3 Å². The van der Waals surface area contributed by atoms with Crippen molar-refractivity contribution < 1.29 is 32.2 Å². The van der Waals surface area contributed by atoms with E-state index in [0.717, 1.165) is 29.6 Å². The third-order valence-electron chi connectivity index (χ3n) is 4.60. The summed E-state index contributed by atoms with van der Waals surface area (Å²) in [6, 6.07) is 6.31. The Labute approximate surface area is 173 Å². The van der Waals surface area contributed by atoms with Gasteiger partial charge in [-0.2, -0.15) is 13.2 Å². The highest BCUT2D eigenvalue weighted by Crippen LogP contribution is 2.29. The minimum Gasteiger partial charge on any atom is -0.454 e. The number of nitrogens with zero attached hydrogens (tertiary/aromatic N) is 1. The predicted molar refractivity (Wildman–Crippen MR) is 106 cm³/mol. The molecule has 8 heteroatoms. The third-order valence-corrected chi connectivity index (χ3v) is 4.60. The van der Waals surface area contributed by atoms with Crippen molar-refractivity contribution in [2.45, 2.75) is 33.0 Å². The molecule has 1 heterocycles. The van der Waals surface area contributed by atoms with Gasteiger partial charge in [0.2, 0.25) is 5.78 Å². The summed E-state index contributed by atoms with van der Waals surface area (Å²) in [4.78, 5) is 24.4. The van der Waals surface area contributed by atoms with E-state index in [0.29, 0.717) is 12.2 Å². The summed E-state index contributed by atoms with van der Waals surface area (Å²) in [6.45, 7) is 5.67. The van der Waals surface area contributed by atoms with Crippen molar-refractivity contribution >= 4 is 17.8 Å². The van der Waals surface area contributed by atoms with Crippen molar-refractivity contribution in [2.24, 2.45) is 0 Å². The van der Waals surface area contributed by atoms with Gasteiger partial charge in [0.1, 0.15) is 0 Å². The number of halogens is 3. The lowest BCUT2D eigenvalue weighted by Gasteiger charge is -2.17. The van der Waals surface area contributed by atoms with E-state index in [4.69, 9.17) is 9.47 Å². The van der Waals surface area contributed by atoms with Gasteiger partial charge >= 0.3 is 12.1 Å². The Morgan fingerprint density at radius 3 is 2.53 bits per heavy atom. The van der Waals surface area contributed by atoms with Crippen molar-refractivity contribution in [2.75, 3.05) is 20.3 Å². The van der Waals surface area contributed by atoms with Gasteiger partial charge in [0.05, 0.1) is 18.2 Å². The van der Waals surface area contributed by atoms with Crippen LogP contribution in [0.5, 0.6) is 0 Å². The monoisotopic (exact) mass is 423 g/mol. The van der Waals surface area contributed by atoms with E-state index in [1.807, 2.05) is 25.3 Å². The number of carbonyl (C=O) groups is 2. The first-order valence-corrected chi connectivity index (χ1v) is 9.27. The molecular formula is C22H24F3NO4. The van der Waals surface area contributed by atoms with Gasteiger partial charge in [-0.1, -0.05) is 12.1 Å². The van der Waals surface area contributed by atoms with Gasteiger partial charge in [-0.3, -0.25) is 4.79 Å². The minimum absolute atomic E-state index is 0.0366. The van der Waals surface area contributed by atoms with Gasteiger partial charge in [-0.05, 0) is 50.6 Å². The Morgan fingerprint density at radius 1 is 1.20 bits per heavy atom. The second-order valence-electron chi connectivity index (χ2n) is 6.95. The number of aryl methyl sites for hydroxylation is 1. The molecule has 1 aromatic carbocycles. The summed E-state index contributed by atoms with van der Waals surface area (Å²) in [5.41, 5.74) is 1.47. The zero-order valence-electron chi connectivity index (χ0n) is 17.2. The molecule has 2 aromatic rings. The zero-order chi connectivity index (χ0) is 22.5. The summed E-state index contributed by atoms with van der Waals surface area (Å²) >= 11 is 0. The van der Waals surface area contributed by atoms with E-state index in [9.17, 15) is 22.8 Å². The predicted octanol–water partition coefficient (Wildman–Crippen LogP) is 4.77. The average molecular weight is 423 g/mol. The first-order valence-electron chi connectivity index (χ1n) is 9.27. The molecule has 0 radical (unpaired) electrons. The van der Waals surface area contributed by atoms with E-state index >= 15 is 0 Å². The summed E-state index contributed by atoms with van der Waals surface area (Å²) < 4.78 is 50.3. The number of ketones is 1. The maximum atomic E-state index is 12.7. The Kier molecular flexibility index (Phi) is 7.61. The molecule has 0 saturated carbocycles. The van der Waals surface area contributed by atoms with Crippen LogP contribution in [0, 0.1) is 13.8 Å². The molecule has 0 amide bonds. The molecule has 0 aliphatic heterocycles. The Balaban J connectivity index is 2.01. The number of methoxy groups -OCH3 is 1. The normalized spacial score (nSPS) is 12.9. The number of ether oxygens (including phenoxy) is 2. The Bertz CT molecular complexity index is 944. The molecule has 30 heavy (non-hydrogen) atoms. The van der Waals surface area contributed by atoms with Gasteiger partial charge in [0, 0.05) is 30.1 Å². The van der Waals surface area contributed by atoms with Crippen LogP contribution < -0.4 is 0 Å². The number of carbonyl (C=O) groups excluding carboxylic acids is 2. The van der Waals surface area contributed by atoms with Crippen molar-refractivity contribution in [1.29, 1.82) is 0 Å². The number of aromatic nitrogens is 1. The number of hydrogen-bond donors (Lipinski definition) is 0. The highest BCUT2D eigenvalue weighted by atomic mass is 19.4. The molecule has 0 aliphatic carbocycles. The van der Waals surface area contributed by atoms with Gasteiger partial charge in [-0.15, -0.1) is 0 Å². The van der Waals surface area contributed by atoms with Gasteiger partial charge in [-0.25, -0.2) is 4.79 Å². The van der Waals surface area contributed by atoms with Crippen molar-refractivity contribution in [3.63, 3.8) is 0 Å². The van der Waals surface area contributed by atoms with Gasteiger partial charge in [0.15, 0.2) is 6.61 Å². The minimum atomic E-state index is -4.47. The quantitative estimate of drug-likeness (QED) is 0.349. The van der Waals surface area contributed by atoms with E-state index in [1.54, 1.807) is 13.2 Å². The standard InChI is InChI=1S/C22H24F3NO4/c1-14-10-19(16(3)26(14)15(2)12-29-4)20(27)13-30-21(28)9-8-17-6-5-7-18(11-17)22(23,24)25/h5-11,15H,12-13H2,1-4H3/b9-8+/t15-/m1/s1. The fraction of sp³-hybridized carbons (Fsp3) is 0.364. The molecule has 1 aromatic heterocycles. The lowest BCUT2D eigenvalue weighted by atomic mass is 10.1. The van der Waals surface area contributed by atoms with Crippen LogP contribution in [-0.4, -0.2) is 36.6 Å². The van der Waals surface area contributed by atoms with Crippen LogP contribution in [0.4, 0.5) is 13.2 Å². The van der Waals surface area contributed by atoms with Crippen molar-refractivity contribution in [3.8, 4) is 0 Å². The van der Waals surface area contributed by atoms with Crippen LogP contribution in [0.25, 0.3) is 6.08 Å². The van der Waals surface area contributed by atoms with Crippen molar-refractivity contribution in [1.82, 2.24) is 4.57 Å². The molecule has 0 bridgehead atoms. The van der Waals surface area contributed by atoms with E-state index in [2.05, 4.69) is 0 Å². The Hall–Kier alpha value is -2.87. The summed E-state index contributed by atoms with van der Waals surface area (Å²) in [6.07, 6.45) is -2.27. The molecule has 0 spiro atoms. The number of esters is 1. The molecule has 5 nitrogen and oxygen atoms in total. The molecule has 162 valence electrons. The lowest BCUT2D eigenvalue weighted by Crippen LogP contribution is -2.16. The number of hydrogen-bond acceptors (Lipinski definition) is 4. The molecule has 0 saturated heterocycles. The first kappa shape index (κ1) is 23.4. The van der Waals surface area contributed by atoms with Crippen LogP contribution >= 0.6 is 0 Å². The van der Waals surface area contributed by atoms with Gasteiger partial charge in [0.25, 0.3) is 0 Å². The Morgan fingerprint density at radius 2 is 1.90 bits per heavy atom. The van der Waals surface area contributed by atoms with Crippen LogP contribution in [0.15, 0.2) is 36.4 Å². The SMILES string of the molecule is COC[C@@H](C)n1c(C)cc(C(=O)COC(=O)/C=C/c2cccc(C(F)(F)F)c2)c1C. The second-order valence-corrected chi connectivity index (χ2v) is 6.95. The summed E-state index contributed by atoms with van der Waals surface area (Å²) in [5.74, 6) is -1.18. The van der Waals surface area contributed by atoms with Crippen LogP contribution in [0.1, 0.15) is 45.8 Å². The highest BCUT2D eigenvalue weighted by Gasteiger charge is 2.30. The molecule has 0 N–H and O–H groups in total. The van der Waals surface area contributed by atoms with E-state index in [-0.39, 0.29) is 17.4 Å². The topological polar surface area (TPSA) is 57.5 Å². The molecule has 2 rings (SSSR count). The molecule has 0 aliphatic rings. The highest BCUT2D eigenvalue weighted by molar-refractivity contribution is 6.00. The zero-order valence-corrected chi connectivity index (χ0v) is 17.2. The molecule has 0 fully saturated rings. The molecule has 0 unspecified atom stereocenters. The fourth-order valence-electron chi connectivity index (χ4n) is 3.30. The fourth-order valence-corrected chi connectivity index (χ4v) is 3.30. The van der Waals surface area contributed by atoms with Gasteiger partial charge < -0.3 is 14.0 Å². The number of alkyl halides is 3. The summed E-state index contributed by atoms with van der Waals surface area (Å²) in [7, 11) is 1.60. The molecular weight excluding hydrogens is 399 g/mol. The summed E-state index contributed by atoms with van der Waals surface area (Å²) in [5, 5.41) is 0. The van der Waals surface area contributed by atoms with Crippen LogP contribution in [0.2, 0.25) is 0 Å². The maximum absolute atomic E-state index is 12.7. The average Bonchev–Trinajstić information content (AvgIpc) is 2.98. The number of Topliss-reactive ketones (excluding diaryl/α,β-unsaturated/α-hetero) is 1. The number of rotatable bonds is 8. The smallest absolute Gasteiger partial charge is 0.416 e. The van der Waals surface area contributed by atoms with Crippen molar-refractivity contribution in [3.05, 3.63) is 64.5 Å². The largest absolute Gasteiger partial charge is 0.454 e. The van der Waals surface area contributed by atoms with E-state index in [1.165, 1.54) is 18.2 Å². The third kappa shape index (κ3) is 5.82. The first-order chi connectivity index (χ1) is 14.0. The second kappa shape index (κ2) is 9.75.